The van der Waals surface area contributed by atoms with Crippen molar-refractivity contribution in [3.05, 3.63) is 35.4 Å². The zero-order chi connectivity index (χ0) is 17.5. The molecule has 2 N–H and O–H groups in total. The van der Waals surface area contributed by atoms with Gasteiger partial charge in [-0.2, -0.15) is 0 Å². The smallest absolute Gasteiger partial charge is 0.314 e. The molecule has 1 heterocycles. The number of carbonyl (C=O) groups is 1. The normalized spacial score (nSPS) is 19.5. The predicted molar refractivity (Wildman–Crippen MR) is 99.6 cm³/mol. The maximum Gasteiger partial charge on any atom is 0.314 e. The van der Waals surface area contributed by atoms with Crippen LogP contribution in [0.5, 0.6) is 0 Å². The van der Waals surface area contributed by atoms with E-state index >= 15 is 0 Å². The van der Waals surface area contributed by atoms with E-state index in [2.05, 4.69) is 72.6 Å². The van der Waals surface area contributed by atoms with Gasteiger partial charge in [-0.1, -0.05) is 38.1 Å². The number of benzene rings is 1. The Kier molecular flexibility index (Phi) is 7.06. The maximum absolute atomic E-state index is 12.0. The third kappa shape index (κ3) is 5.80. The predicted octanol–water partition coefficient (Wildman–Crippen LogP) is 1.90. The standard InChI is InChI=1S/C19H32N4O/c1-15(2)17-7-5-16(6-8-17)9-10-20-19(24)21-13-18-14-22(3)11-12-23(18)4/h5-8,15,18H,9-14H2,1-4H3,(H2,20,21,24)/t18-/m0/s1. The van der Waals surface area contributed by atoms with E-state index in [1.54, 1.807) is 0 Å². The highest BCUT2D eigenvalue weighted by Gasteiger charge is 2.22. The molecule has 0 saturated carbocycles. The van der Waals surface area contributed by atoms with Crippen molar-refractivity contribution in [3.63, 3.8) is 0 Å². The van der Waals surface area contributed by atoms with Crippen molar-refractivity contribution in [2.75, 3.05) is 46.8 Å². The van der Waals surface area contributed by atoms with Crippen molar-refractivity contribution < 1.29 is 4.79 Å². The summed E-state index contributed by atoms with van der Waals surface area (Å²) in [5, 5.41) is 5.95. The van der Waals surface area contributed by atoms with Crippen molar-refractivity contribution in [3.8, 4) is 0 Å². The van der Waals surface area contributed by atoms with Crippen LogP contribution in [0, 0.1) is 0 Å². The van der Waals surface area contributed by atoms with Gasteiger partial charge in [0.1, 0.15) is 0 Å². The van der Waals surface area contributed by atoms with Crippen LogP contribution in [-0.4, -0.2) is 68.7 Å². The molecule has 0 spiro atoms. The average molecular weight is 332 g/mol. The van der Waals surface area contributed by atoms with Gasteiger partial charge in [-0.15, -0.1) is 0 Å². The Balaban J connectivity index is 1.66. The molecule has 0 radical (unpaired) electrons. The van der Waals surface area contributed by atoms with Crippen LogP contribution in [0.25, 0.3) is 0 Å². The summed E-state index contributed by atoms with van der Waals surface area (Å²) in [6.45, 7) is 8.89. The molecule has 1 aliphatic heterocycles. The van der Waals surface area contributed by atoms with E-state index in [9.17, 15) is 4.79 Å². The number of piperazine rings is 1. The van der Waals surface area contributed by atoms with Crippen molar-refractivity contribution in [2.45, 2.75) is 32.2 Å². The van der Waals surface area contributed by atoms with Gasteiger partial charge in [0.15, 0.2) is 0 Å². The number of carbonyl (C=O) groups excluding carboxylic acids is 1. The molecule has 134 valence electrons. The molecule has 1 aromatic rings. The van der Waals surface area contributed by atoms with Crippen LogP contribution in [0.4, 0.5) is 4.79 Å². The maximum atomic E-state index is 12.0. The Morgan fingerprint density at radius 3 is 2.54 bits per heavy atom. The van der Waals surface area contributed by atoms with E-state index in [4.69, 9.17) is 0 Å². The molecule has 1 aromatic carbocycles. The second-order valence-electron chi connectivity index (χ2n) is 7.18. The number of hydrogen-bond acceptors (Lipinski definition) is 3. The first-order valence-corrected chi connectivity index (χ1v) is 8.95. The van der Waals surface area contributed by atoms with Crippen molar-refractivity contribution >= 4 is 6.03 Å². The Morgan fingerprint density at radius 1 is 1.17 bits per heavy atom. The fourth-order valence-corrected chi connectivity index (χ4v) is 2.98. The molecular weight excluding hydrogens is 300 g/mol. The van der Waals surface area contributed by atoms with Gasteiger partial charge in [-0.25, -0.2) is 4.79 Å². The minimum atomic E-state index is -0.0737. The second-order valence-corrected chi connectivity index (χ2v) is 7.18. The highest BCUT2D eigenvalue weighted by atomic mass is 16.2. The summed E-state index contributed by atoms with van der Waals surface area (Å²) in [4.78, 5) is 16.6. The van der Waals surface area contributed by atoms with Crippen LogP contribution in [0.3, 0.4) is 0 Å². The van der Waals surface area contributed by atoms with E-state index in [1.807, 2.05) is 0 Å². The van der Waals surface area contributed by atoms with Crippen molar-refractivity contribution in [2.24, 2.45) is 0 Å². The third-order valence-corrected chi connectivity index (χ3v) is 4.82. The van der Waals surface area contributed by atoms with Crippen LogP contribution in [-0.2, 0) is 6.42 Å². The van der Waals surface area contributed by atoms with Crippen molar-refractivity contribution in [1.82, 2.24) is 20.4 Å². The Hall–Kier alpha value is -1.59. The average Bonchev–Trinajstić information content (AvgIpc) is 2.56. The van der Waals surface area contributed by atoms with Gasteiger partial charge in [-0.05, 0) is 37.6 Å². The van der Waals surface area contributed by atoms with Crippen LogP contribution in [0.1, 0.15) is 30.9 Å². The minimum absolute atomic E-state index is 0.0737. The molecule has 2 amide bonds. The van der Waals surface area contributed by atoms with E-state index in [0.717, 1.165) is 26.1 Å². The lowest BCUT2D eigenvalue weighted by molar-refractivity contribution is 0.114. The summed E-state index contributed by atoms with van der Waals surface area (Å²) in [6, 6.07) is 8.97. The Labute approximate surface area is 146 Å². The molecule has 0 unspecified atom stereocenters. The molecule has 1 aliphatic rings. The minimum Gasteiger partial charge on any atom is -0.338 e. The van der Waals surface area contributed by atoms with E-state index < -0.39 is 0 Å². The molecule has 0 aromatic heterocycles. The van der Waals surface area contributed by atoms with Gasteiger partial charge in [0, 0.05) is 38.8 Å². The van der Waals surface area contributed by atoms with Crippen LogP contribution >= 0.6 is 0 Å². The largest absolute Gasteiger partial charge is 0.338 e. The molecule has 5 heteroatoms. The molecule has 1 atom stereocenters. The monoisotopic (exact) mass is 332 g/mol. The van der Waals surface area contributed by atoms with Gasteiger partial charge in [-0.3, -0.25) is 4.90 Å². The SMILES string of the molecule is CC(C)c1ccc(CCNC(=O)NC[C@H]2CN(C)CCN2C)cc1. The summed E-state index contributed by atoms with van der Waals surface area (Å²) >= 11 is 0. The highest BCUT2D eigenvalue weighted by Crippen LogP contribution is 2.14. The zero-order valence-corrected chi connectivity index (χ0v) is 15.5. The summed E-state index contributed by atoms with van der Waals surface area (Å²) in [6.07, 6.45) is 0.859. The van der Waals surface area contributed by atoms with E-state index in [1.165, 1.54) is 11.1 Å². The molecule has 0 bridgehead atoms. The quantitative estimate of drug-likeness (QED) is 0.836. The summed E-state index contributed by atoms with van der Waals surface area (Å²) in [7, 11) is 4.25. The van der Waals surface area contributed by atoms with Crippen LogP contribution in [0.15, 0.2) is 24.3 Å². The fraction of sp³-hybridized carbons (Fsp3) is 0.632. The summed E-state index contributed by atoms with van der Waals surface area (Å²) < 4.78 is 0. The number of likely N-dealkylation sites (N-methyl/N-ethyl adjacent to an activating group) is 2. The zero-order valence-electron chi connectivity index (χ0n) is 15.5. The number of rotatable bonds is 6. The Bertz CT molecular complexity index is 515. The van der Waals surface area contributed by atoms with Crippen LogP contribution < -0.4 is 10.6 Å². The molecular formula is C19H32N4O. The molecule has 1 saturated heterocycles. The lowest BCUT2D eigenvalue weighted by atomic mass is 10.0. The number of amides is 2. The van der Waals surface area contributed by atoms with Gasteiger partial charge < -0.3 is 15.5 Å². The van der Waals surface area contributed by atoms with Gasteiger partial charge in [0.2, 0.25) is 0 Å². The van der Waals surface area contributed by atoms with Crippen LogP contribution in [0.2, 0.25) is 0 Å². The molecule has 24 heavy (non-hydrogen) atoms. The highest BCUT2D eigenvalue weighted by molar-refractivity contribution is 5.73. The number of hydrogen-bond donors (Lipinski definition) is 2. The lowest BCUT2D eigenvalue weighted by Gasteiger charge is -2.37. The molecule has 2 rings (SSSR count). The van der Waals surface area contributed by atoms with E-state index in [0.29, 0.717) is 25.0 Å². The number of urea groups is 1. The Morgan fingerprint density at radius 2 is 1.88 bits per heavy atom. The first kappa shape index (κ1) is 18.7. The second kappa shape index (κ2) is 9.04. The topological polar surface area (TPSA) is 47.6 Å². The first-order valence-electron chi connectivity index (χ1n) is 8.95. The fourth-order valence-electron chi connectivity index (χ4n) is 2.98. The molecule has 1 fully saturated rings. The lowest BCUT2D eigenvalue weighted by Crippen LogP contribution is -2.55. The van der Waals surface area contributed by atoms with E-state index in [-0.39, 0.29) is 6.03 Å². The number of nitrogens with zero attached hydrogens (tertiary/aromatic N) is 2. The third-order valence-electron chi connectivity index (χ3n) is 4.82. The molecule has 0 aliphatic carbocycles. The van der Waals surface area contributed by atoms with Gasteiger partial charge >= 0.3 is 6.03 Å². The van der Waals surface area contributed by atoms with Crippen molar-refractivity contribution in [1.29, 1.82) is 0 Å². The summed E-state index contributed by atoms with van der Waals surface area (Å²) in [5.41, 5.74) is 2.61. The summed E-state index contributed by atoms with van der Waals surface area (Å²) in [5.74, 6) is 0.555. The van der Waals surface area contributed by atoms with Gasteiger partial charge in [0.25, 0.3) is 0 Å². The first-order chi connectivity index (χ1) is 11.5. The molecule has 5 nitrogen and oxygen atoms in total. The number of nitrogens with one attached hydrogen (secondary N) is 2. The van der Waals surface area contributed by atoms with Gasteiger partial charge in [0.05, 0.1) is 0 Å².